The summed E-state index contributed by atoms with van der Waals surface area (Å²) in [6.45, 7) is 0. The van der Waals surface area contributed by atoms with Gasteiger partial charge in [0.05, 0.1) is 11.2 Å². The highest BCUT2D eigenvalue weighted by Gasteiger charge is 2.26. The maximum atomic E-state index is 5.93. The molecule has 1 aliphatic rings. The van der Waals surface area contributed by atoms with E-state index in [0.29, 0.717) is 5.69 Å². The quantitative estimate of drug-likeness (QED) is 0.654. The Balaban J connectivity index is 1.75. The zero-order valence-electron chi connectivity index (χ0n) is 10.3. The minimum absolute atomic E-state index is 0.0517. The number of nitrogens with zero attached hydrogens (tertiary/aromatic N) is 1. The van der Waals surface area contributed by atoms with Crippen LogP contribution in [0.15, 0.2) is 42.5 Å². The monoisotopic (exact) mass is 251 g/mol. The minimum Gasteiger partial charge on any atom is -0.482 e. The lowest BCUT2D eigenvalue weighted by atomic mass is 10.1. The summed E-state index contributed by atoms with van der Waals surface area (Å²) in [4.78, 5) is 7.87. The number of nitrogens with two attached hydrogens (primary N) is 1. The number of nitrogen functional groups attached to an aromatic ring is 1. The van der Waals surface area contributed by atoms with Gasteiger partial charge in [0.1, 0.15) is 17.1 Å². The summed E-state index contributed by atoms with van der Waals surface area (Å²) in [5.74, 6) is 1.78. The standard InChI is InChI=1S/C15H13N3O/c16-10-5-3-6-11-14(10)18-15(17-11)13-8-9-4-1-2-7-12(9)19-13/h1-7,13H,8,16H2,(H,17,18). The van der Waals surface area contributed by atoms with Crippen molar-refractivity contribution in [2.24, 2.45) is 0 Å². The molecule has 0 saturated carbocycles. The smallest absolute Gasteiger partial charge is 0.160 e. The van der Waals surface area contributed by atoms with Gasteiger partial charge in [0, 0.05) is 6.42 Å². The third kappa shape index (κ3) is 1.57. The van der Waals surface area contributed by atoms with E-state index in [1.165, 1.54) is 5.56 Å². The van der Waals surface area contributed by atoms with Gasteiger partial charge in [-0.2, -0.15) is 0 Å². The van der Waals surface area contributed by atoms with E-state index in [4.69, 9.17) is 10.5 Å². The summed E-state index contributed by atoms with van der Waals surface area (Å²) in [5.41, 5.74) is 9.61. The Morgan fingerprint density at radius 2 is 2.05 bits per heavy atom. The summed E-state index contributed by atoms with van der Waals surface area (Å²) < 4.78 is 5.93. The Hall–Kier alpha value is -2.49. The molecule has 0 aliphatic carbocycles. The van der Waals surface area contributed by atoms with E-state index in [1.807, 2.05) is 36.4 Å². The molecule has 19 heavy (non-hydrogen) atoms. The SMILES string of the molecule is Nc1cccc2[nH]c(C3Cc4ccccc4O3)nc12. The maximum Gasteiger partial charge on any atom is 0.160 e. The Kier molecular flexibility index (Phi) is 2.06. The van der Waals surface area contributed by atoms with Crippen LogP contribution in [0.25, 0.3) is 11.0 Å². The van der Waals surface area contributed by atoms with Crippen molar-refractivity contribution < 1.29 is 4.74 Å². The van der Waals surface area contributed by atoms with Gasteiger partial charge < -0.3 is 15.5 Å². The second kappa shape index (κ2) is 3.75. The molecule has 3 N–H and O–H groups in total. The van der Waals surface area contributed by atoms with Gasteiger partial charge in [0.25, 0.3) is 0 Å². The van der Waals surface area contributed by atoms with E-state index >= 15 is 0 Å². The first-order valence-electron chi connectivity index (χ1n) is 6.30. The molecule has 0 bridgehead atoms. The van der Waals surface area contributed by atoms with E-state index in [1.54, 1.807) is 0 Å². The van der Waals surface area contributed by atoms with E-state index in [0.717, 1.165) is 29.0 Å². The summed E-state index contributed by atoms with van der Waals surface area (Å²) in [7, 11) is 0. The number of hydrogen-bond donors (Lipinski definition) is 2. The zero-order valence-corrected chi connectivity index (χ0v) is 10.3. The second-order valence-corrected chi connectivity index (χ2v) is 4.78. The van der Waals surface area contributed by atoms with Crippen LogP contribution in [0.2, 0.25) is 0 Å². The average Bonchev–Trinajstić information content (AvgIpc) is 3.02. The number of hydrogen-bond acceptors (Lipinski definition) is 3. The number of para-hydroxylation sites is 2. The van der Waals surface area contributed by atoms with Crippen LogP contribution in [0.3, 0.4) is 0 Å². The van der Waals surface area contributed by atoms with E-state index in [9.17, 15) is 0 Å². The fourth-order valence-electron chi connectivity index (χ4n) is 2.56. The van der Waals surface area contributed by atoms with Gasteiger partial charge in [-0.05, 0) is 23.8 Å². The summed E-state index contributed by atoms with van der Waals surface area (Å²) in [5, 5.41) is 0. The van der Waals surface area contributed by atoms with Crippen LogP contribution in [-0.4, -0.2) is 9.97 Å². The van der Waals surface area contributed by atoms with Crippen LogP contribution in [-0.2, 0) is 6.42 Å². The molecule has 0 radical (unpaired) electrons. The third-order valence-electron chi connectivity index (χ3n) is 3.51. The summed E-state index contributed by atoms with van der Waals surface area (Å²) in [6.07, 6.45) is 0.791. The number of ether oxygens (including phenoxy) is 1. The van der Waals surface area contributed by atoms with Gasteiger partial charge in [0.2, 0.25) is 0 Å². The van der Waals surface area contributed by atoms with Crippen LogP contribution < -0.4 is 10.5 Å². The number of imidazole rings is 1. The molecule has 2 heterocycles. The minimum atomic E-state index is -0.0517. The van der Waals surface area contributed by atoms with Gasteiger partial charge >= 0.3 is 0 Å². The predicted octanol–water partition coefficient (Wildman–Crippen LogP) is 2.82. The first-order valence-corrected chi connectivity index (χ1v) is 6.30. The van der Waals surface area contributed by atoms with Gasteiger partial charge in [-0.25, -0.2) is 4.98 Å². The maximum absolute atomic E-state index is 5.93. The molecular weight excluding hydrogens is 238 g/mol. The van der Waals surface area contributed by atoms with Crippen molar-refractivity contribution in [2.45, 2.75) is 12.5 Å². The molecule has 4 rings (SSSR count). The number of H-pyrrole nitrogens is 1. The molecule has 0 spiro atoms. The van der Waals surface area contributed by atoms with Gasteiger partial charge in [-0.3, -0.25) is 0 Å². The molecule has 4 nitrogen and oxygen atoms in total. The molecule has 0 fully saturated rings. The van der Waals surface area contributed by atoms with Gasteiger partial charge in [-0.15, -0.1) is 0 Å². The second-order valence-electron chi connectivity index (χ2n) is 4.78. The van der Waals surface area contributed by atoms with Crippen molar-refractivity contribution in [3.8, 4) is 5.75 Å². The van der Waals surface area contributed by atoms with Crippen molar-refractivity contribution in [1.82, 2.24) is 9.97 Å². The predicted molar refractivity (Wildman–Crippen MR) is 74.0 cm³/mol. The number of benzene rings is 2. The van der Waals surface area contributed by atoms with Gasteiger partial charge in [-0.1, -0.05) is 24.3 Å². The summed E-state index contributed by atoms with van der Waals surface area (Å²) in [6, 6.07) is 13.9. The average molecular weight is 251 g/mol. The molecule has 2 aromatic carbocycles. The Morgan fingerprint density at radius 1 is 1.16 bits per heavy atom. The first kappa shape index (κ1) is 10.4. The Labute approximate surface area is 110 Å². The third-order valence-corrected chi connectivity index (χ3v) is 3.51. The largest absolute Gasteiger partial charge is 0.482 e. The number of aromatic nitrogens is 2. The summed E-state index contributed by atoms with van der Waals surface area (Å²) >= 11 is 0. The first-order chi connectivity index (χ1) is 9.31. The molecule has 1 aromatic heterocycles. The Bertz CT molecular complexity index is 738. The molecule has 0 saturated heterocycles. The van der Waals surface area contributed by atoms with Crippen LogP contribution in [0.1, 0.15) is 17.5 Å². The van der Waals surface area contributed by atoms with Crippen molar-refractivity contribution in [1.29, 1.82) is 0 Å². The molecular formula is C15H13N3O. The van der Waals surface area contributed by atoms with Crippen LogP contribution in [0, 0.1) is 0 Å². The van der Waals surface area contributed by atoms with E-state index in [-0.39, 0.29) is 6.10 Å². The fourth-order valence-corrected chi connectivity index (χ4v) is 2.56. The lowest BCUT2D eigenvalue weighted by molar-refractivity contribution is 0.229. The number of fused-ring (bicyclic) bond motifs is 2. The molecule has 3 aromatic rings. The van der Waals surface area contributed by atoms with E-state index < -0.39 is 0 Å². The van der Waals surface area contributed by atoms with Crippen molar-refractivity contribution in [2.75, 3.05) is 5.73 Å². The van der Waals surface area contributed by atoms with Crippen LogP contribution >= 0.6 is 0 Å². The number of rotatable bonds is 1. The van der Waals surface area contributed by atoms with Crippen LogP contribution in [0.4, 0.5) is 5.69 Å². The zero-order chi connectivity index (χ0) is 12.8. The molecule has 0 amide bonds. The molecule has 4 heteroatoms. The highest BCUT2D eigenvalue weighted by molar-refractivity contribution is 5.86. The number of nitrogens with one attached hydrogen (secondary N) is 1. The van der Waals surface area contributed by atoms with Crippen molar-refractivity contribution >= 4 is 16.7 Å². The van der Waals surface area contributed by atoms with Crippen molar-refractivity contribution in [3.63, 3.8) is 0 Å². The normalized spacial score (nSPS) is 17.4. The lowest BCUT2D eigenvalue weighted by Gasteiger charge is -2.06. The highest BCUT2D eigenvalue weighted by atomic mass is 16.5. The molecule has 94 valence electrons. The van der Waals surface area contributed by atoms with Crippen LogP contribution in [0.5, 0.6) is 5.75 Å². The number of aromatic amines is 1. The van der Waals surface area contributed by atoms with Gasteiger partial charge in [0.15, 0.2) is 6.10 Å². The number of anilines is 1. The molecule has 1 aliphatic heterocycles. The van der Waals surface area contributed by atoms with E-state index in [2.05, 4.69) is 16.0 Å². The molecule has 1 unspecified atom stereocenters. The highest BCUT2D eigenvalue weighted by Crippen LogP contribution is 2.36. The topological polar surface area (TPSA) is 63.9 Å². The lowest BCUT2D eigenvalue weighted by Crippen LogP contribution is -2.05. The molecule has 1 atom stereocenters. The fraction of sp³-hybridized carbons (Fsp3) is 0.133. The Morgan fingerprint density at radius 3 is 2.89 bits per heavy atom. The van der Waals surface area contributed by atoms with Crippen molar-refractivity contribution in [3.05, 3.63) is 53.9 Å².